The van der Waals surface area contributed by atoms with Gasteiger partial charge in [-0.1, -0.05) is 0 Å². The first-order chi connectivity index (χ1) is 8.16. The smallest absolute Gasteiger partial charge is 0.335 e. The molecule has 1 heterocycles. The van der Waals surface area contributed by atoms with Crippen LogP contribution >= 0.6 is 11.8 Å². The molecule has 0 fully saturated rings. The van der Waals surface area contributed by atoms with E-state index in [1.807, 2.05) is 6.92 Å². The average molecular weight is 246 g/mol. The van der Waals surface area contributed by atoms with Crippen molar-refractivity contribution >= 4 is 17.7 Å². The third-order valence-electron chi connectivity index (χ3n) is 2.17. The second-order valence-corrected chi connectivity index (χ2v) is 4.43. The first-order valence-electron chi connectivity index (χ1n) is 4.95. The monoisotopic (exact) mass is 246 g/mol. The molecule has 2 aromatic rings. The van der Waals surface area contributed by atoms with E-state index in [9.17, 15) is 4.79 Å². The topological polar surface area (TPSA) is 63.1 Å². The Labute approximate surface area is 103 Å². The van der Waals surface area contributed by atoms with Crippen molar-refractivity contribution in [2.24, 2.45) is 0 Å². The molecule has 0 bridgehead atoms. The summed E-state index contributed by atoms with van der Waals surface area (Å²) >= 11 is 1.42. The van der Waals surface area contributed by atoms with Gasteiger partial charge in [0.15, 0.2) is 5.16 Å². The number of hydrogen-bond acceptors (Lipinski definition) is 4. The fraction of sp³-hybridized carbons (Fsp3) is 0.0833. The molecule has 17 heavy (non-hydrogen) atoms. The van der Waals surface area contributed by atoms with Crippen LogP contribution in [0.1, 0.15) is 15.9 Å². The summed E-state index contributed by atoms with van der Waals surface area (Å²) in [5.41, 5.74) is 1.20. The van der Waals surface area contributed by atoms with E-state index in [2.05, 4.69) is 9.97 Å². The second-order valence-electron chi connectivity index (χ2n) is 3.42. The summed E-state index contributed by atoms with van der Waals surface area (Å²) in [6.45, 7) is 1.87. The Kier molecular flexibility index (Phi) is 3.39. The van der Waals surface area contributed by atoms with Crippen LogP contribution in [0.25, 0.3) is 0 Å². The van der Waals surface area contributed by atoms with Crippen LogP contribution in [-0.4, -0.2) is 21.0 Å². The molecule has 4 nitrogen and oxygen atoms in total. The number of benzene rings is 1. The van der Waals surface area contributed by atoms with Gasteiger partial charge in [-0.05, 0) is 48.5 Å². The van der Waals surface area contributed by atoms with Crippen molar-refractivity contribution in [3.63, 3.8) is 0 Å². The molecule has 1 N–H and O–H groups in total. The average Bonchev–Trinajstić information content (AvgIpc) is 2.33. The molecular formula is C12H10N2O2S. The van der Waals surface area contributed by atoms with Gasteiger partial charge < -0.3 is 5.11 Å². The number of aromatic carboxylic acids is 1. The highest BCUT2D eigenvalue weighted by Gasteiger charge is 2.07. The molecule has 0 radical (unpaired) electrons. The fourth-order valence-corrected chi connectivity index (χ4v) is 2.11. The standard InChI is InChI=1S/C12H10N2O2S/c1-8-7-9(11(15)16)3-4-10(8)17-12-13-5-2-6-14-12/h2-7H,1H3,(H,15,16). The van der Waals surface area contributed by atoms with Gasteiger partial charge in [0.2, 0.25) is 0 Å². The summed E-state index contributed by atoms with van der Waals surface area (Å²) in [7, 11) is 0. The quantitative estimate of drug-likeness (QED) is 0.843. The third kappa shape index (κ3) is 2.82. The summed E-state index contributed by atoms with van der Waals surface area (Å²) < 4.78 is 0. The van der Waals surface area contributed by atoms with Crippen LogP contribution in [-0.2, 0) is 0 Å². The summed E-state index contributed by atoms with van der Waals surface area (Å²) in [6, 6.07) is 6.76. The van der Waals surface area contributed by atoms with E-state index < -0.39 is 5.97 Å². The summed E-state index contributed by atoms with van der Waals surface area (Å²) in [5.74, 6) is -0.916. The second kappa shape index (κ2) is 4.97. The lowest BCUT2D eigenvalue weighted by Gasteiger charge is -2.04. The highest BCUT2D eigenvalue weighted by molar-refractivity contribution is 7.99. The van der Waals surface area contributed by atoms with Gasteiger partial charge in [0.05, 0.1) is 5.56 Å². The normalized spacial score (nSPS) is 10.2. The predicted molar refractivity (Wildman–Crippen MR) is 64.3 cm³/mol. The van der Waals surface area contributed by atoms with E-state index in [-0.39, 0.29) is 0 Å². The lowest BCUT2D eigenvalue weighted by molar-refractivity contribution is 0.0696. The third-order valence-corrected chi connectivity index (χ3v) is 3.24. The maximum Gasteiger partial charge on any atom is 0.335 e. The Hall–Kier alpha value is -1.88. The molecule has 0 amide bonds. The van der Waals surface area contributed by atoms with Crippen LogP contribution in [0.15, 0.2) is 46.7 Å². The highest BCUT2D eigenvalue weighted by atomic mass is 32.2. The molecule has 2 rings (SSSR count). The molecular weight excluding hydrogens is 236 g/mol. The number of nitrogens with zero attached hydrogens (tertiary/aromatic N) is 2. The van der Waals surface area contributed by atoms with Gasteiger partial charge in [-0.15, -0.1) is 0 Å². The van der Waals surface area contributed by atoms with Crippen LogP contribution in [0.2, 0.25) is 0 Å². The van der Waals surface area contributed by atoms with Crippen LogP contribution in [0.3, 0.4) is 0 Å². The van der Waals surface area contributed by atoms with Crippen LogP contribution in [0.5, 0.6) is 0 Å². The van der Waals surface area contributed by atoms with Crippen molar-refractivity contribution < 1.29 is 9.90 Å². The number of carbonyl (C=O) groups is 1. The first kappa shape index (κ1) is 11.6. The zero-order valence-corrected chi connectivity index (χ0v) is 9.94. The van der Waals surface area contributed by atoms with Crippen molar-refractivity contribution in [3.05, 3.63) is 47.8 Å². The van der Waals surface area contributed by atoms with E-state index in [1.165, 1.54) is 11.8 Å². The Morgan fingerprint density at radius 1 is 1.29 bits per heavy atom. The zero-order chi connectivity index (χ0) is 12.3. The molecule has 0 unspecified atom stereocenters. The Morgan fingerprint density at radius 2 is 2.00 bits per heavy atom. The van der Waals surface area contributed by atoms with Gasteiger partial charge in [0.25, 0.3) is 0 Å². The zero-order valence-electron chi connectivity index (χ0n) is 9.12. The van der Waals surface area contributed by atoms with Gasteiger partial charge in [0.1, 0.15) is 0 Å². The molecule has 0 saturated carbocycles. The molecule has 0 spiro atoms. The summed E-state index contributed by atoms with van der Waals surface area (Å²) in [4.78, 5) is 20.0. The van der Waals surface area contributed by atoms with Gasteiger partial charge >= 0.3 is 5.97 Å². The minimum atomic E-state index is -0.916. The van der Waals surface area contributed by atoms with E-state index in [0.717, 1.165) is 10.5 Å². The lowest BCUT2D eigenvalue weighted by Crippen LogP contribution is -1.97. The van der Waals surface area contributed by atoms with E-state index in [4.69, 9.17) is 5.11 Å². The van der Waals surface area contributed by atoms with Crippen molar-refractivity contribution in [3.8, 4) is 0 Å². The van der Waals surface area contributed by atoms with Crippen molar-refractivity contribution in [2.45, 2.75) is 17.0 Å². The van der Waals surface area contributed by atoms with Crippen LogP contribution in [0, 0.1) is 6.92 Å². The molecule has 0 saturated heterocycles. The Bertz CT molecular complexity index is 543. The van der Waals surface area contributed by atoms with Gasteiger partial charge in [-0.25, -0.2) is 14.8 Å². The van der Waals surface area contributed by atoms with Gasteiger partial charge in [-0.3, -0.25) is 0 Å². The number of aromatic nitrogens is 2. The summed E-state index contributed by atoms with van der Waals surface area (Å²) in [5, 5.41) is 9.51. The number of carboxylic acid groups (broad SMARTS) is 1. The molecule has 0 aliphatic carbocycles. The maximum absolute atomic E-state index is 10.8. The van der Waals surface area contributed by atoms with E-state index in [1.54, 1.807) is 36.7 Å². The molecule has 0 aliphatic heterocycles. The lowest BCUT2D eigenvalue weighted by atomic mass is 10.1. The number of carboxylic acids is 1. The van der Waals surface area contributed by atoms with Crippen molar-refractivity contribution in [2.75, 3.05) is 0 Å². The predicted octanol–water partition coefficient (Wildman–Crippen LogP) is 2.63. The van der Waals surface area contributed by atoms with Gasteiger partial charge in [0, 0.05) is 17.3 Å². The molecule has 86 valence electrons. The van der Waals surface area contributed by atoms with E-state index in [0.29, 0.717) is 10.7 Å². The SMILES string of the molecule is Cc1cc(C(=O)O)ccc1Sc1ncccn1. The fourth-order valence-electron chi connectivity index (χ4n) is 1.33. The van der Waals surface area contributed by atoms with Crippen LogP contribution in [0.4, 0.5) is 0 Å². The van der Waals surface area contributed by atoms with E-state index >= 15 is 0 Å². The highest BCUT2D eigenvalue weighted by Crippen LogP contribution is 2.27. The van der Waals surface area contributed by atoms with Crippen molar-refractivity contribution in [1.29, 1.82) is 0 Å². The Morgan fingerprint density at radius 3 is 2.59 bits per heavy atom. The molecule has 5 heteroatoms. The molecule has 0 aliphatic rings. The number of rotatable bonds is 3. The molecule has 1 aromatic carbocycles. The largest absolute Gasteiger partial charge is 0.478 e. The first-order valence-corrected chi connectivity index (χ1v) is 5.77. The van der Waals surface area contributed by atoms with Crippen LogP contribution < -0.4 is 0 Å². The number of hydrogen-bond donors (Lipinski definition) is 1. The van der Waals surface area contributed by atoms with Gasteiger partial charge in [-0.2, -0.15) is 0 Å². The molecule has 1 aromatic heterocycles. The van der Waals surface area contributed by atoms with Crippen molar-refractivity contribution in [1.82, 2.24) is 9.97 Å². The minimum Gasteiger partial charge on any atom is -0.478 e. The molecule has 0 atom stereocenters. The summed E-state index contributed by atoms with van der Waals surface area (Å²) in [6.07, 6.45) is 3.35. The number of aryl methyl sites for hydroxylation is 1. The minimum absolute atomic E-state index is 0.292. The maximum atomic E-state index is 10.8. The Balaban J connectivity index is 2.26.